The summed E-state index contributed by atoms with van der Waals surface area (Å²) in [5, 5.41) is 24.1. The lowest BCUT2D eigenvalue weighted by Gasteiger charge is -2.26. The van der Waals surface area contributed by atoms with E-state index in [9.17, 15) is 0 Å². The van der Waals surface area contributed by atoms with Crippen LogP contribution >= 0.6 is 0 Å². The highest BCUT2D eigenvalue weighted by atomic mass is 16.3. The van der Waals surface area contributed by atoms with E-state index in [0.717, 1.165) is 88.8 Å². The lowest BCUT2D eigenvalue weighted by molar-refractivity contribution is 0.660. The van der Waals surface area contributed by atoms with Crippen molar-refractivity contribution in [2.24, 2.45) is 0 Å². The number of benzene rings is 24. The topological polar surface area (TPSA) is 41.6 Å². The van der Waals surface area contributed by atoms with Gasteiger partial charge in [-0.3, -0.25) is 0 Å². The standard InChI is InChI=1S/C74H45N3O2.C68H47N/c1-4-16-46(17-5-1)47-30-32-48(33-31-47)53-42-64-62-40-49-34-36-56(75(54-18-6-2-7-19-54)66-26-14-24-60-58-22-10-12-28-70(58)78-73(60)66)38-51(49)44-68(62)77-69-45-52-39-57(37-35-50(52)41-63(69)65(43-53)72(64)77)76(55-20-8-3-9-21-55)67-27-15-25-61-59-23-11-13-29-71(59)79-74(61)67;1-67(2)60-16-10-8-14-52(60)54-28-26-47(36-62(54)67)43-22-24-45-32-56-58-34-51(42-20-18-41(19-21-42)40-12-6-5-7-13-40)35-59-57-33-46-25-23-44(31-50(46)39-65(57)69(66(58)59)64(56)38-49(45)30-43)48-27-29-55-53-15-9-11-17-61(53)68(3,4)63(55)37-48/h1-45H;5-39H,1-4H3. The zero-order valence-electron chi connectivity index (χ0n) is 81.8. The lowest BCUT2D eigenvalue weighted by Crippen LogP contribution is -2.14. The van der Waals surface area contributed by atoms with Crippen LogP contribution in [0.3, 0.4) is 0 Å². The lowest BCUT2D eigenvalue weighted by atomic mass is 9.81. The van der Waals surface area contributed by atoms with Gasteiger partial charge in [-0.2, -0.15) is 0 Å². The van der Waals surface area contributed by atoms with Crippen LogP contribution in [0.5, 0.6) is 0 Å². The number of fused-ring (bicyclic) bond motifs is 28. The van der Waals surface area contributed by atoms with Gasteiger partial charge < -0.3 is 27.4 Å². The summed E-state index contributed by atoms with van der Waals surface area (Å²) in [6.45, 7) is 9.47. The molecule has 0 unspecified atom stereocenters. The predicted octanol–water partition coefficient (Wildman–Crippen LogP) is 39.6. The van der Waals surface area contributed by atoms with E-state index in [-0.39, 0.29) is 10.8 Å². The maximum absolute atomic E-state index is 6.70. The Bertz CT molecular complexity index is 10300. The van der Waals surface area contributed by atoms with Gasteiger partial charge in [0, 0.05) is 98.2 Å². The van der Waals surface area contributed by atoms with Crippen molar-refractivity contribution in [2.75, 3.05) is 9.80 Å². The number of furan rings is 2. The van der Waals surface area contributed by atoms with E-state index in [1.54, 1.807) is 0 Å². The summed E-state index contributed by atoms with van der Waals surface area (Å²) < 4.78 is 18.5. The fourth-order valence-corrected chi connectivity index (χ4v) is 25.6. The van der Waals surface area contributed by atoms with Gasteiger partial charge in [0.15, 0.2) is 11.2 Å². The van der Waals surface area contributed by atoms with Crippen LogP contribution in [0.25, 0.3) is 252 Å². The van der Waals surface area contributed by atoms with Crippen LogP contribution in [0.2, 0.25) is 0 Å². The van der Waals surface area contributed by atoms with Crippen molar-refractivity contribution < 1.29 is 8.83 Å². The average molecular weight is 1890 g/mol. The largest absolute Gasteiger partial charge is 0.454 e. The molecule has 0 atom stereocenters. The summed E-state index contributed by atoms with van der Waals surface area (Å²) in [7, 11) is 0. The first-order chi connectivity index (χ1) is 72.8. The molecule has 6 heteroatoms. The molecule has 0 N–H and O–H groups in total. The van der Waals surface area contributed by atoms with Gasteiger partial charge in [0.2, 0.25) is 0 Å². The molecule has 148 heavy (non-hydrogen) atoms. The summed E-state index contributed by atoms with van der Waals surface area (Å²) in [6.07, 6.45) is 0. The smallest absolute Gasteiger partial charge is 0.159 e. The first kappa shape index (κ1) is 83.7. The number of para-hydroxylation sites is 6. The maximum atomic E-state index is 6.70. The Morgan fingerprint density at radius 3 is 0.851 bits per heavy atom. The third kappa shape index (κ3) is 12.7. The fourth-order valence-electron chi connectivity index (χ4n) is 25.6. The van der Waals surface area contributed by atoms with Crippen molar-refractivity contribution in [2.45, 2.75) is 38.5 Å². The number of hydrogen-bond acceptors (Lipinski definition) is 4. The van der Waals surface area contributed by atoms with E-state index < -0.39 is 0 Å². The van der Waals surface area contributed by atoms with Gasteiger partial charge in [0.05, 0.1) is 44.5 Å². The molecule has 32 rings (SSSR count). The molecule has 692 valence electrons. The first-order valence-corrected chi connectivity index (χ1v) is 51.4. The molecule has 30 aromatic rings. The van der Waals surface area contributed by atoms with Crippen molar-refractivity contribution >= 4 is 197 Å². The highest BCUT2D eigenvalue weighted by Gasteiger charge is 2.38. The average Bonchev–Trinajstić information content (AvgIpc) is 1.53. The molecule has 0 saturated heterocycles. The highest BCUT2D eigenvalue weighted by molar-refractivity contribution is 6.30. The molecule has 6 heterocycles. The Morgan fingerprint density at radius 1 is 0.176 bits per heavy atom. The van der Waals surface area contributed by atoms with Gasteiger partial charge in [-0.05, 0) is 324 Å². The normalized spacial score (nSPS) is 13.1. The predicted molar refractivity (Wildman–Crippen MR) is 624 cm³/mol. The first-order valence-electron chi connectivity index (χ1n) is 51.4. The zero-order valence-corrected chi connectivity index (χ0v) is 81.8. The van der Waals surface area contributed by atoms with E-state index in [1.807, 2.05) is 12.1 Å². The van der Waals surface area contributed by atoms with Crippen molar-refractivity contribution in [1.82, 2.24) is 8.80 Å². The number of aromatic nitrogens is 2. The van der Waals surface area contributed by atoms with Crippen molar-refractivity contribution in [3.8, 4) is 89.0 Å². The van der Waals surface area contributed by atoms with Crippen molar-refractivity contribution in [3.05, 3.63) is 508 Å². The molecule has 24 aromatic carbocycles. The van der Waals surface area contributed by atoms with Gasteiger partial charge in [0.1, 0.15) is 11.2 Å². The van der Waals surface area contributed by atoms with E-state index in [4.69, 9.17) is 8.83 Å². The molecule has 0 bridgehead atoms. The Hall–Kier alpha value is -18.9. The third-order valence-electron chi connectivity index (χ3n) is 32.9. The second kappa shape index (κ2) is 31.8. The van der Waals surface area contributed by atoms with E-state index >= 15 is 0 Å². The highest BCUT2D eigenvalue weighted by Crippen LogP contribution is 2.56. The molecular formula is C142H92N4O2. The molecule has 0 spiro atoms. The van der Waals surface area contributed by atoms with Gasteiger partial charge in [-0.1, -0.05) is 343 Å². The van der Waals surface area contributed by atoms with Gasteiger partial charge in [-0.25, -0.2) is 0 Å². The monoisotopic (exact) mass is 1880 g/mol. The van der Waals surface area contributed by atoms with Crippen LogP contribution in [0, 0.1) is 0 Å². The molecule has 0 amide bonds. The number of rotatable bonds is 12. The van der Waals surface area contributed by atoms with E-state index in [2.05, 4.69) is 519 Å². The van der Waals surface area contributed by atoms with Gasteiger partial charge >= 0.3 is 0 Å². The molecular weight excluding hydrogens is 1790 g/mol. The number of hydrogen-bond donors (Lipinski definition) is 0. The summed E-state index contributed by atoms with van der Waals surface area (Å²) >= 11 is 0. The van der Waals surface area contributed by atoms with Crippen LogP contribution in [0.1, 0.15) is 49.9 Å². The summed E-state index contributed by atoms with van der Waals surface area (Å²) in [4.78, 5) is 4.67. The minimum atomic E-state index is -0.0510. The fraction of sp³-hybridized carbons (Fsp3) is 0.0423. The second-order valence-corrected chi connectivity index (χ2v) is 41.8. The molecule has 0 fully saturated rings. The molecule has 0 radical (unpaired) electrons. The van der Waals surface area contributed by atoms with Crippen molar-refractivity contribution in [3.63, 3.8) is 0 Å². The van der Waals surface area contributed by atoms with Crippen LogP contribution in [-0.2, 0) is 10.8 Å². The molecule has 6 nitrogen and oxygen atoms in total. The summed E-state index contributed by atoms with van der Waals surface area (Å²) in [6, 6.07) is 179. The maximum Gasteiger partial charge on any atom is 0.159 e. The molecule has 2 aliphatic carbocycles. The number of nitrogens with zero attached hydrogens (tertiary/aromatic N) is 4. The Morgan fingerprint density at radius 2 is 0.466 bits per heavy atom. The SMILES string of the molecule is CC1(C)c2ccccc2-c2ccc(-c3ccc4cc5c6cc(-c7ccc(-c8ccccc8)cc7)cc7c8cc9ccc(-c%10ccc%11c(c%10)C(C)(C)c%10ccccc%10-%11)cc9cc8n(c5cc4c3)c67)cc21.c1ccc(-c2ccc(-c3cc4c5cc6ccc(N(c7ccccc7)c7cccc8c7oc7ccccc78)cc6cc5n5c6cc7cc(N(c8ccccc8)c8cccc9c8oc8ccccc89)ccc7cc6c(c3)c45)cc2)cc1. The zero-order chi connectivity index (χ0) is 97.6. The molecule has 0 saturated carbocycles. The Labute approximate surface area is 853 Å². The third-order valence-corrected chi connectivity index (χ3v) is 32.9. The van der Waals surface area contributed by atoms with Crippen LogP contribution in [0.15, 0.2) is 494 Å². The summed E-state index contributed by atoms with van der Waals surface area (Å²) in [5.74, 6) is 0. The van der Waals surface area contributed by atoms with Crippen molar-refractivity contribution in [1.29, 1.82) is 0 Å². The summed E-state index contributed by atoms with van der Waals surface area (Å²) in [5.41, 5.74) is 42.6. The minimum absolute atomic E-state index is 0.0510. The van der Waals surface area contributed by atoms with Crippen LogP contribution in [-0.4, -0.2) is 8.80 Å². The van der Waals surface area contributed by atoms with Gasteiger partial charge in [0.25, 0.3) is 0 Å². The quantitative estimate of drug-likeness (QED) is 0.122. The second-order valence-electron chi connectivity index (χ2n) is 41.8. The molecule has 2 aliphatic rings. The van der Waals surface area contributed by atoms with E-state index in [1.165, 1.54) is 220 Å². The molecule has 6 aromatic heterocycles. The van der Waals surface area contributed by atoms with Crippen LogP contribution in [0.4, 0.5) is 34.1 Å². The number of anilines is 6. The molecule has 0 aliphatic heterocycles. The van der Waals surface area contributed by atoms with Crippen LogP contribution < -0.4 is 9.80 Å². The van der Waals surface area contributed by atoms with E-state index in [0.29, 0.717) is 0 Å². The Kier molecular flexibility index (Phi) is 18.0. The van der Waals surface area contributed by atoms with Gasteiger partial charge in [-0.15, -0.1) is 0 Å². The minimum Gasteiger partial charge on any atom is -0.454 e. The Balaban J connectivity index is 0.000000135.